The third-order valence-electron chi connectivity index (χ3n) is 0.123. The van der Waals surface area contributed by atoms with E-state index in [9.17, 15) is 4.79 Å². The van der Waals surface area contributed by atoms with Crippen LogP contribution in [0, 0.1) is 0 Å². The highest BCUT2D eigenvalue weighted by Gasteiger charge is 1.93. The summed E-state index contributed by atoms with van der Waals surface area (Å²) in [7, 11) is 0. The van der Waals surface area contributed by atoms with Crippen LogP contribution >= 0.6 is 29.3 Å². The Labute approximate surface area is 45.8 Å². The standard InChI is InChI=1S/CHCl2O2P/c2-6(3)5-1-4/h1H. The Balaban J connectivity index is 2.81. The van der Waals surface area contributed by atoms with Crippen LogP contribution in [0.15, 0.2) is 0 Å². The Morgan fingerprint density at radius 2 is 2.17 bits per heavy atom. The summed E-state index contributed by atoms with van der Waals surface area (Å²) in [6.45, 7) is -1.31. The zero-order chi connectivity index (χ0) is 4.99. The zero-order valence-electron chi connectivity index (χ0n) is 2.60. The van der Waals surface area contributed by atoms with Gasteiger partial charge < -0.3 is 4.52 Å². The molecule has 0 rings (SSSR count). The first-order valence-corrected chi connectivity index (χ1v) is 4.06. The molecule has 2 nitrogen and oxygen atoms in total. The molecule has 0 atom stereocenters. The maximum Gasteiger partial charge on any atom is 0.297 e. The highest BCUT2D eigenvalue weighted by Crippen LogP contribution is 2.46. The predicted molar refractivity (Wildman–Crippen MR) is 25.8 cm³/mol. The van der Waals surface area contributed by atoms with Gasteiger partial charge in [-0.2, -0.15) is 0 Å². The van der Waals surface area contributed by atoms with Gasteiger partial charge in [-0.3, -0.25) is 4.79 Å². The van der Waals surface area contributed by atoms with Gasteiger partial charge in [-0.1, -0.05) is 0 Å². The van der Waals surface area contributed by atoms with Crippen molar-refractivity contribution in [2.75, 3.05) is 0 Å². The van der Waals surface area contributed by atoms with Gasteiger partial charge in [0, 0.05) is 0 Å². The monoisotopic (exact) mass is 146 g/mol. The third-order valence-corrected chi connectivity index (χ3v) is 0.846. The Kier molecular flexibility index (Phi) is 3.96. The van der Waals surface area contributed by atoms with E-state index in [-0.39, 0.29) is 6.47 Å². The fourth-order valence-electron chi connectivity index (χ4n) is 0.0325. The molecule has 0 unspecified atom stereocenters. The Hall–Kier alpha value is 0.480. The van der Waals surface area contributed by atoms with Crippen LogP contribution in [0.4, 0.5) is 0 Å². The van der Waals surface area contributed by atoms with Gasteiger partial charge in [0.2, 0.25) is 0 Å². The summed E-state index contributed by atoms with van der Waals surface area (Å²) in [4.78, 5) is 9.24. The van der Waals surface area contributed by atoms with Crippen molar-refractivity contribution in [1.29, 1.82) is 0 Å². The van der Waals surface area contributed by atoms with E-state index in [4.69, 9.17) is 22.5 Å². The SMILES string of the molecule is O=COP(Cl)Cl. The molecule has 0 spiro atoms. The molecule has 0 heterocycles. The maximum absolute atomic E-state index is 9.24. The van der Waals surface area contributed by atoms with Crippen LogP contribution in [0.25, 0.3) is 0 Å². The number of rotatable bonds is 2. The van der Waals surface area contributed by atoms with Crippen LogP contribution in [0.3, 0.4) is 0 Å². The summed E-state index contributed by atoms with van der Waals surface area (Å²) in [6, 6.07) is 0. The molecule has 0 radical (unpaired) electrons. The normalized spacial score (nSPS) is 8.50. The van der Waals surface area contributed by atoms with E-state index < -0.39 is 6.85 Å². The van der Waals surface area contributed by atoms with Crippen molar-refractivity contribution >= 4 is 35.8 Å². The number of carbonyl (C=O) groups excluding carboxylic acids is 1. The quantitative estimate of drug-likeness (QED) is 0.440. The van der Waals surface area contributed by atoms with Crippen molar-refractivity contribution in [2.24, 2.45) is 0 Å². The molecule has 6 heavy (non-hydrogen) atoms. The van der Waals surface area contributed by atoms with Gasteiger partial charge in [-0.25, -0.2) is 0 Å². The van der Waals surface area contributed by atoms with Crippen LogP contribution < -0.4 is 0 Å². The molecule has 0 aliphatic heterocycles. The van der Waals surface area contributed by atoms with Crippen LogP contribution in [0.2, 0.25) is 0 Å². The first-order valence-electron chi connectivity index (χ1n) is 0.992. The van der Waals surface area contributed by atoms with Crippen molar-refractivity contribution < 1.29 is 9.32 Å². The summed E-state index contributed by atoms with van der Waals surface area (Å²) in [5, 5.41) is 0. The summed E-state index contributed by atoms with van der Waals surface area (Å²) < 4.78 is 3.96. The molecule has 0 aliphatic rings. The maximum atomic E-state index is 9.24. The highest BCUT2D eigenvalue weighted by molar-refractivity contribution is 8.00. The lowest BCUT2D eigenvalue weighted by atomic mass is 11.7. The second kappa shape index (κ2) is 3.66. The van der Waals surface area contributed by atoms with Crippen molar-refractivity contribution in [1.82, 2.24) is 0 Å². The van der Waals surface area contributed by atoms with E-state index in [2.05, 4.69) is 4.52 Å². The molecule has 0 aromatic heterocycles. The number of hydrogen-bond donors (Lipinski definition) is 0. The molecule has 0 aliphatic carbocycles. The summed E-state index contributed by atoms with van der Waals surface area (Å²) in [6.07, 6.45) is 0. The van der Waals surface area contributed by atoms with Gasteiger partial charge in [0.25, 0.3) is 13.3 Å². The molecule has 0 N–H and O–H groups in total. The second-order valence-corrected chi connectivity index (χ2v) is 3.38. The van der Waals surface area contributed by atoms with E-state index >= 15 is 0 Å². The van der Waals surface area contributed by atoms with Crippen LogP contribution in [-0.4, -0.2) is 6.47 Å². The average Bonchev–Trinajstić information content (AvgIpc) is 1.35. The largest absolute Gasteiger partial charge is 0.415 e. The molecule has 0 saturated carbocycles. The minimum absolute atomic E-state index is 0.214. The van der Waals surface area contributed by atoms with Crippen LogP contribution in [-0.2, 0) is 9.32 Å². The fourth-order valence-corrected chi connectivity index (χ4v) is 0.293. The van der Waals surface area contributed by atoms with E-state index in [1.807, 2.05) is 0 Å². The minimum atomic E-state index is -1.52. The van der Waals surface area contributed by atoms with E-state index in [0.717, 1.165) is 0 Å². The van der Waals surface area contributed by atoms with Gasteiger partial charge in [0.1, 0.15) is 0 Å². The number of carbonyl (C=O) groups is 1. The van der Waals surface area contributed by atoms with Crippen molar-refractivity contribution in [2.45, 2.75) is 0 Å². The molecule has 0 aromatic carbocycles. The molecular formula is CHCl2O2P. The zero-order valence-corrected chi connectivity index (χ0v) is 5.00. The van der Waals surface area contributed by atoms with Gasteiger partial charge in [-0.15, -0.1) is 0 Å². The van der Waals surface area contributed by atoms with Crippen molar-refractivity contribution in [3.63, 3.8) is 0 Å². The van der Waals surface area contributed by atoms with Crippen LogP contribution in [0.5, 0.6) is 0 Å². The Morgan fingerprint density at radius 1 is 1.67 bits per heavy atom. The van der Waals surface area contributed by atoms with Crippen molar-refractivity contribution in [3.8, 4) is 0 Å². The lowest BCUT2D eigenvalue weighted by molar-refractivity contribution is -0.119. The van der Waals surface area contributed by atoms with Gasteiger partial charge >= 0.3 is 0 Å². The third kappa shape index (κ3) is 4.48. The smallest absolute Gasteiger partial charge is 0.297 e. The first kappa shape index (κ1) is 6.48. The molecular weight excluding hydrogens is 146 g/mol. The second-order valence-electron chi connectivity index (χ2n) is 0.404. The van der Waals surface area contributed by atoms with Crippen molar-refractivity contribution in [3.05, 3.63) is 0 Å². The van der Waals surface area contributed by atoms with E-state index in [0.29, 0.717) is 0 Å². The summed E-state index contributed by atoms with van der Waals surface area (Å²) in [5.74, 6) is 0. The lowest BCUT2D eigenvalue weighted by Gasteiger charge is -1.88. The highest BCUT2D eigenvalue weighted by atomic mass is 35.9. The van der Waals surface area contributed by atoms with Crippen LogP contribution in [0.1, 0.15) is 0 Å². The molecule has 0 bridgehead atoms. The molecule has 0 fully saturated rings. The van der Waals surface area contributed by atoms with Gasteiger partial charge in [-0.05, 0) is 22.5 Å². The molecule has 5 heteroatoms. The first-order chi connectivity index (χ1) is 2.77. The summed E-state index contributed by atoms with van der Waals surface area (Å²) >= 11 is 9.91. The Bertz CT molecular complexity index is 46.8. The van der Waals surface area contributed by atoms with E-state index in [1.54, 1.807) is 0 Å². The topological polar surface area (TPSA) is 26.3 Å². The average molecular weight is 147 g/mol. The van der Waals surface area contributed by atoms with Gasteiger partial charge in [0.15, 0.2) is 0 Å². The molecule has 0 aromatic rings. The van der Waals surface area contributed by atoms with Gasteiger partial charge in [0.05, 0.1) is 0 Å². The van der Waals surface area contributed by atoms with E-state index in [1.165, 1.54) is 0 Å². The lowest BCUT2D eigenvalue weighted by Crippen LogP contribution is -1.64. The summed E-state index contributed by atoms with van der Waals surface area (Å²) in [5.41, 5.74) is 0. The number of halogens is 2. The molecule has 36 valence electrons. The Morgan fingerprint density at radius 3 is 2.17 bits per heavy atom. The number of hydrogen-bond acceptors (Lipinski definition) is 2. The fraction of sp³-hybridized carbons (Fsp3) is 0. The predicted octanol–water partition coefficient (Wildman–Crippen LogP) is 1.86. The molecule has 0 saturated heterocycles. The minimum Gasteiger partial charge on any atom is -0.415 e. The molecule has 0 amide bonds.